The van der Waals surface area contributed by atoms with Crippen molar-refractivity contribution in [3.8, 4) is 11.4 Å². The highest BCUT2D eigenvalue weighted by Gasteiger charge is 2.24. The number of hydrogen-bond acceptors (Lipinski definition) is 9. The van der Waals surface area contributed by atoms with Crippen LogP contribution in [0.15, 0.2) is 76.2 Å². The van der Waals surface area contributed by atoms with Crippen molar-refractivity contribution in [2.45, 2.75) is 46.3 Å². The zero-order chi connectivity index (χ0) is 29.8. The third-order valence-electron chi connectivity index (χ3n) is 6.01. The Kier molecular flexibility index (Phi) is 8.62. The van der Waals surface area contributed by atoms with Crippen molar-refractivity contribution < 1.29 is 27.3 Å². The summed E-state index contributed by atoms with van der Waals surface area (Å²) in [5, 5.41) is 3.88. The van der Waals surface area contributed by atoms with Gasteiger partial charge in [0.2, 0.25) is 5.82 Å². The van der Waals surface area contributed by atoms with Crippen LogP contribution in [0.2, 0.25) is 0 Å². The lowest BCUT2D eigenvalue weighted by molar-refractivity contribution is -0.155. The molecule has 1 aromatic heterocycles. The van der Waals surface area contributed by atoms with Gasteiger partial charge in [-0.1, -0.05) is 48.5 Å². The number of ether oxygens (including phenoxy) is 1. The molecule has 41 heavy (non-hydrogen) atoms. The molecule has 0 saturated carbocycles. The number of benzene rings is 2. The van der Waals surface area contributed by atoms with Crippen LogP contribution >= 0.6 is 0 Å². The predicted octanol–water partition coefficient (Wildman–Crippen LogP) is 4.52. The number of nitrogens with two attached hydrogens (primary N) is 1. The molecule has 0 radical (unpaired) electrons. The smallest absolute Gasteiger partial charge is 0.335 e. The maximum atomic E-state index is 13.3. The Morgan fingerprint density at radius 1 is 1.12 bits per heavy atom. The Bertz CT molecular complexity index is 1570. The number of carbonyl (C=O) groups is 2. The molecule has 1 amide bonds. The second-order valence-corrected chi connectivity index (χ2v) is 12.5. The van der Waals surface area contributed by atoms with E-state index in [0.717, 1.165) is 5.56 Å². The van der Waals surface area contributed by atoms with E-state index in [1.165, 1.54) is 4.90 Å². The SMILES string of the molecule is CC1C=CC(S(=O)(=O)Nc2nc(-c3ccc(CN(CC(=O)OC(C)(C)C)C(=O)c4ccc(N)cc4)cc3)no2)=CC1. The Balaban J connectivity index is 1.48. The average Bonchev–Trinajstić information content (AvgIpc) is 3.35. The van der Waals surface area contributed by atoms with Crippen molar-refractivity contribution in [3.05, 3.63) is 82.8 Å². The first kappa shape index (κ1) is 29.5. The third kappa shape index (κ3) is 8.04. The van der Waals surface area contributed by atoms with E-state index in [1.807, 2.05) is 13.0 Å². The molecule has 0 bridgehead atoms. The van der Waals surface area contributed by atoms with Gasteiger partial charge >= 0.3 is 12.0 Å². The van der Waals surface area contributed by atoms with Gasteiger partial charge in [0, 0.05) is 23.4 Å². The summed E-state index contributed by atoms with van der Waals surface area (Å²) in [6, 6.07) is 13.1. The largest absolute Gasteiger partial charge is 0.459 e. The molecule has 4 rings (SSSR count). The number of sulfonamides is 1. The molecule has 3 N–H and O–H groups in total. The average molecular weight is 580 g/mol. The van der Waals surface area contributed by atoms with E-state index in [-0.39, 0.29) is 41.7 Å². The van der Waals surface area contributed by atoms with E-state index < -0.39 is 21.6 Å². The van der Waals surface area contributed by atoms with Crippen LogP contribution in [-0.2, 0) is 26.1 Å². The summed E-state index contributed by atoms with van der Waals surface area (Å²) in [6.07, 6.45) is 5.64. The summed E-state index contributed by atoms with van der Waals surface area (Å²) in [5.41, 5.74) is 7.26. The number of anilines is 2. The molecule has 216 valence electrons. The van der Waals surface area contributed by atoms with Crippen LogP contribution in [0.25, 0.3) is 11.4 Å². The lowest BCUT2D eigenvalue weighted by Gasteiger charge is -2.25. The van der Waals surface area contributed by atoms with E-state index in [4.69, 9.17) is 15.0 Å². The fraction of sp³-hybridized carbons (Fsp3) is 0.310. The summed E-state index contributed by atoms with van der Waals surface area (Å²) in [5.74, 6) is -0.437. The van der Waals surface area contributed by atoms with Gasteiger partial charge in [0.25, 0.3) is 15.9 Å². The van der Waals surface area contributed by atoms with Gasteiger partial charge in [-0.2, -0.15) is 4.98 Å². The Morgan fingerprint density at radius 3 is 2.41 bits per heavy atom. The minimum atomic E-state index is -3.86. The number of nitrogens with one attached hydrogen (secondary N) is 1. The first-order chi connectivity index (χ1) is 19.3. The normalized spacial score (nSPS) is 15.2. The van der Waals surface area contributed by atoms with Gasteiger partial charge in [0.1, 0.15) is 12.1 Å². The minimum Gasteiger partial charge on any atom is -0.459 e. The standard InChI is InChI=1S/C29H33N5O6S/c1-19-5-15-24(16-6-19)41(37,38)33-28-31-26(32-40-28)21-9-7-20(8-10-21)17-34(18-25(35)39-29(2,3)4)27(36)22-11-13-23(30)14-12-22/h5,7-16,19H,6,17-18,30H2,1-4H3,(H,31,32,33). The number of allylic oxidation sites excluding steroid dienone is 3. The fourth-order valence-electron chi connectivity index (χ4n) is 3.98. The minimum absolute atomic E-state index is 0.126. The number of carbonyl (C=O) groups excluding carboxylic acids is 2. The van der Waals surface area contributed by atoms with Gasteiger partial charge in [-0.05, 0) is 69.0 Å². The highest BCUT2D eigenvalue weighted by atomic mass is 32.2. The van der Waals surface area contributed by atoms with E-state index in [0.29, 0.717) is 23.2 Å². The third-order valence-corrected chi connectivity index (χ3v) is 7.37. The lowest BCUT2D eigenvalue weighted by Crippen LogP contribution is -2.38. The molecule has 1 atom stereocenters. The van der Waals surface area contributed by atoms with E-state index >= 15 is 0 Å². The van der Waals surface area contributed by atoms with Gasteiger partial charge in [0.15, 0.2) is 0 Å². The van der Waals surface area contributed by atoms with Gasteiger partial charge in [-0.3, -0.25) is 9.59 Å². The second-order valence-electron chi connectivity index (χ2n) is 10.8. The molecular formula is C29H33N5O6S. The monoisotopic (exact) mass is 579 g/mol. The van der Waals surface area contributed by atoms with Gasteiger partial charge in [-0.25, -0.2) is 13.1 Å². The molecule has 1 unspecified atom stereocenters. The van der Waals surface area contributed by atoms with Crippen LogP contribution in [0.1, 0.15) is 50.0 Å². The Hall–Kier alpha value is -4.45. The molecule has 1 aliphatic carbocycles. The molecule has 0 aliphatic heterocycles. The number of aromatic nitrogens is 2. The van der Waals surface area contributed by atoms with Crippen molar-refractivity contribution in [2.75, 3.05) is 17.0 Å². The van der Waals surface area contributed by atoms with Crippen molar-refractivity contribution >= 4 is 33.6 Å². The Morgan fingerprint density at radius 2 is 1.80 bits per heavy atom. The summed E-state index contributed by atoms with van der Waals surface area (Å²) in [4.78, 5) is 31.6. The van der Waals surface area contributed by atoms with Crippen LogP contribution in [0.4, 0.5) is 11.7 Å². The molecule has 1 aliphatic rings. The van der Waals surface area contributed by atoms with Gasteiger partial charge in [-0.15, -0.1) is 0 Å². The van der Waals surface area contributed by atoms with Crippen LogP contribution in [0.5, 0.6) is 0 Å². The summed E-state index contributed by atoms with van der Waals surface area (Å²) in [6.45, 7) is 7.15. The van der Waals surface area contributed by atoms with Gasteiger partial charge in [0.05, 0.1) is 4.91 Å². The zero-order valence-corrected chi connectivity index (χ0v) is 24.1. The topological polar surface area (TPSA) is 158 Å². The lowest BCUT2D eigenvalue weighted by atomic mass is 10.0. The number of esters is 1. The molecule has 2 aromatic carbocycles. The van der Waals surface area contributed by atoms with Crippen molar-refractivity contribution in [2.24, 2.45) is 5.92 Å². The first-order valence-electron chi connectivity index (χ1n) is 13.0. The first-order valence-corrected chi connectivity index (χ1v) is 14.5. The van der Waals surface area contributed by atoms with E-state index in [2.05, 4.69) is 14.9 Å². The van der Waals surface area contributed by atoms with Crippen LogP contribution < -0.4 is 10.5 Å². The van der Waals surface area contributed by atoms with Crippen LogP contribution in [-0.4, -0.2) is 47.5 Å². The number of amides is 1. The highest BCUT2D eigenvalue weighted by molar-refractivity contribution is 7.96. The maximum Gasteiger partial charge on any atom is 0.335 e. The summed E-state index contributed by atoms with van der Waals surface area (Å²) < 4.78 is 38.2. The van der Waals surface area contributed by atoms with Gasteiger partial charge < -0.3 is 19.9 Å². The maximum absolute atomic E-state index is 13.3. The molecule has 0 fully saturated rings. The number of hydrogen-bond donors (Lipinski definition) is 2. The molecule has 11 nitrogen and oxygen atoms in total. The number of nitrogens with zero attached hydrogens (tertiary/aromatic N) is 3. The molecule has 3 aromatic rings. The molecular weight excluding hydrogens is 546 g/mol. The molecule has 0 spiro atoms. The summed E-state index contributed by atoms with van der Waals surface area (Å²) >= 11 is 0. The van der Waals surface area contributed by atoms with Crippen LogP contribution in [0, 0.1) is 5.92 Å². The molecule has 0 saturated heterocycles. The van der Waals surface area contributed by atoms with E-state index in [1.54, 1.807) is 81.5 Å². The van der Waals surface area contributed by atoms with Crippen molar-refractivity contribution in [3.63, 3.8) is 0 Å². The molecule has 12 heteroatoms. The fourth-order valence-corrected chi connectivity index (χ4v) is 4.98. The summed E-state index contributed by atoms with van der Waals surface area (Å²) in [7, 11) is -3.86. The predicted molar refractivity (Wildman–Crippen MR) is 155 cm³/mol. The number of rotatable bonds is 9. The Labute approximate surface area is 239 Å². The zero-order valence-electron chi connectivity index (χ0n) is 23.3. The highest BCUT2D eigenvalue weighted by Crippen LogP contribution is 2.24. The van der Waals surface area contributed by atoms with Crippen LogP contribution in [0.3, 0.4) is 0 Å². The molecule has 1 heterocycles. The quantitative estimate of drug-likeness (QED) is 0.274. The van der Waals surface area contributed by atoms with Crippen molar-refractivity contribution in [1.29, 1.82) is 0 Å². The van der Waals surface area contributed by atoms with Crippen molar-refractivity contribution in [1.82, 2.24) is 15.0 Å². The second kappa shape index (κ2) is 12.0. The van der Waals surface area contributed by atoms with E-state index in [9.17, 15) is 18.0 Å². The number of nitrogen functional groups attached to an aromatic ring is 1.